The van der Waals surface area contributed by atoms with Crippen molar-refractivity contribution in [3.05, 3.63) is 64.7 Å². The number of benzene rings is 2. The summed E-state index contributed by atoms with van der Waals surface area (Å²) in [5, 5.41) is 13.8. The van der Waals surface area contributed by atoms with Crippen molar-refractivity contribution in [2.24, 2.45) is 22.7 Å². The second kappa shape index (κ2) is 11.9. The van der Waals surface area contributed by atoms with Crippen LogP contribution in [0.2, 0.25) is 0 Å². The van der Waals surface area contributed by atoms with E-state index < -0.39 is 23.3 Å². The van der Waals surface area contributed by atoms with Gasteiger partial charge in [-0.05, 0) is 54.8 Å². The summed E-state index contributed by atoms with van der Waals surface area (Å²) in [6, 6.07) is 6.71. The summed E-state index contributed by atoms with van der Waals surface area (Å²) in [5.41, 5.74) is 13.4. The summed E-state index contributed by atoms with van der Waals surface area (Å²) >= 11 is 0. The molecule has 2 aromatic carbocycles. The normalized spacial score (nSPS) is 20.8. The standard InChI is InChI=1S/C27H34FN5O6/c1-27(5-8-37-15-27)24(29)14-33(31)7-9-38-22-10-16-4-6-32-21(13-25(30)34)19(16)12-23(22)39-17-2-3-18(26(35)36)20(28)11-17/h2-3,10-12,14,21,32H,4-9,13,15,29,31H2,1H3,(H2,30,34)(H,35,36)/b24-14-. The highest BCUT2D eigenvalue weighted by Crippen LogP contribution is 2.39. The third-order valence-corrected chi connectivity index (χ3v) is 7.00. The molecule has 2 atom stereocenters. The Morgan fingerprint density at radius 2 is 2.08 bits per heavy atom. The smallest absolute Gasteiger partial charge is 0.338 e. The molecule has 2 unspecified atom stereocenters. The van der Waals surface area contributed by atoms with Gasteiger partial charge in [-0.1, -0.05) is 6.92 Å². The number of halogens is 1. The lowest BCUT2D eigenvalue weighted by molar-refractivity contribution is -0.118. The highest BCUT2D eigenvalue weighted by molar-refractivity contribution is 5.88. The number of primary amides is 1. The molecule has 1 saturated heterocycles. The van der Waals surface area contributed by atoms with E-state index in [9.17, 15) is 14.0 Å². The molecule has 2 heterocycles. The molecule has 0 spiro atoms. The van der Waals surface area contributed by atoms with Gasteiger partial charge in [-0.25, -0.2) is 15.0 Å². The fourth-order valence-electron chi connectivity index (χ4n) is 4.64. The van der Waals surface area contributed by atoms with E-state index in [2.05, 4.69) is 5.32 Å². The van der Waals surface area contributed by atoms with E-state index in [4.69, 9.17) is 36.6 Å². The summed E-state index contributed by atoms with van der Waals surface area (Å²) in [4.78, 5) is 22.8. The van der Waals surface area contributed by atoms with Crippen molar-refractivity contribution in [3.8, 4) is 17.2 Å². The molecule has 11 nitrogen and oxygen atoms in total. The van der Waals surface area contributed by atoms with Crippen LogP contribution >= 0.6 is 0 Å². The highest BCUT2D eigenvalue weighted by Gasteiger charge is 2.32. The van der Waals surface area contributed by atoms with Gasteiger partial charge < -0.3 is 41.1 Å². The number of amides is 1. The fraction of sp³-hybridized carbons (Fsp3) is 0.407. The Morgan fingerprint density at radius 3 is 2.74 bits per heavy atom. The summed E-state index contributed by atoms with van der Waals surface area (Å²) in [6.07, 6.45) is 3.27. The number of nitrogens with zero attached hydrogens (tertiary/aromatic N) is 1. The van der Waals surface area contributed by atoms with Crippen molar-refractivity contribution in [2.75, 3.05) is 32.9 Å². The first kappa shape index (κ1) is 28.1. The number of carboxylic acid groups (broad SMARTS) is 1. The number of carbonyl (C=O) groups excluding carboxylic acids is 1. The Morgan fingerprint density at radius 1 is 1.28 bits per heavy atom. The van der Waals surface area contributed by atoms with Gasteiger partial charge in [0.05, 0.1) is 18.7 Å². The van der Waals surface area contributed by atoms with Crippen molar-refractivity contribution < 1.29 is 33.3 Å². The van der Waals surface area contributed by atoms with E-state index >= 15 is 0 Å². The van der Waals surface area contributed by atoms with Crippen LogP contribution in [-0.2, 0) is 16.0 Å². The summed E-state index contributed by atoms with van der Waals surface area (Å²) < 4.78 is 31.8. The molecule has 2 aromatic rings. The minimum absolute atomic E-state index is 0.0840. The first-order chi connectivity index (χ1) is 18.6. The number of aromatic carboxylic acids is 1. The van der Waals surface area contributed by atoms with Crippen LogP contribution in [0.1, 0.15) is 47.3 Å². The van der Waals surface area contributed by atoms with E-state index in [0.29, 0.717) is 44.2 Å². The zero-order valence-electron chi connectivity index (χ0n) is 21.7. The fourth-order valence-corrected chi connectivity index (χ4v) is 4.64. The Bertz CT molecular complexity index is 1260. The zero-order chi connectivity index (χ0) is 28.2. The molecule has 1 fully saturated rings. The van der Waals surface area contributed by atoms with Gasteiger partial charge in [0.15, 0.2) is 11.5 Å². The molecule has 0 bridgehead atoms. The molecule has 2 aliphatic heterocycles. The van der Waals surface area contributed by atoms with E-state index in [1.54, 1.807) is 12.3 Å². The maximum Gasteiger partial charge on any atom is 0.338 e. The second-order valence-corrected chi connectivity index (χ2v) is 10.0. The number of carboxylic acids is 1. The number of carbonyl (C=O) groups is 2. The predicted molar refractivity (Wildman–Crippen MR) is 140 cm³/mol. The highest BCUT2D eigenvalue weighted by atomic mass is 19.1. The molecule has 2 aliphatic rings. The van der Waals surface area contributed by atoms with Gasteiger partial charge in [-0.3, -0.25) is 4.79 Å². The Balaban J connectivity index is 1.55. The zero-order valence-corrected chi connectivity index (χ0v) is 21.7. The van der Waals surface area contributed by atoms with E-state index in [-0.39, 0.29) is 36.0 Å². The number of ether oxygens (including phenoxy) is 3. The number of fused-ring (bicyclic) bond motifs is 1. The predicted octanol–water partition coefficient (Wildman–Crippen LogP) is 2.16. The van der Waals surface area contributed by atoms with Gasteiger partial charge in [0.25, 0.3) is 0 Å². The Kier molecular flexibility index (Phi) is 8.58. The Hall–Kier alpha value is -3.87. The van der Waals surface area contributed by atoms with Gasteiger partial charge in [-0.2, -0.15) is 0 Å². The third-order valence-electron chi connectivity index (χ3n) is 7.00. The minimum Gasteiger partial charge on any atom is -0.488 e. The molecule has 0 radical (unpaired) electrons. The summed E-state index contributed by atoms with van der Waals surface area (Å²) in [6.45, 7) is 4.35. The molecule has 1 amide bonds. The number of hydrogen-bond donors (Lipinski definition) is 5. The molecule has 4 rings (SSSR count). The van der Waals surface area contributed by atoms with E-state index in [0.717, 1.165) is 29.7 Å². The van der Waals surface area contributed by atoms with Crippen molar-refractivity contribution in [1.82, 2.24) is 10.3 Å². The van der Waals surface area contributed by atoms with Crippen LogP contribution in [0.3, 0.4) is 0 Å². The van der Waals surface area contributed by atoms with E-state index in [1.807, 2.05) is 13.0 Å². The lowest BCUT2D eigenvalue weighted by Crippen LogP contribution is -2.34. The maximum atomic E-state index is 14.3. The van der Waals surface area contributed by atoms with Crippen LogP contribution in [0.5, 0.6) is 17.2 Å². The molecule has 0 aromatic heterocycles. The topological polar surface area (TPSA) is 175 Å². The molecule has 0 aliphatic carbocycles. The summed E-state index contributed by atoms with van der Waals surface area (Å²) in [5.74, 6) is 4.11. The van der Waals surface area contributed by atoms with Crippen LogP contribution < -0.4 is 32.1 Å². The average Bonchev–Trinajstić information content (AvgIpc) is 3.32. The number of hydrogen-bond acceptors (Lipinski definition) is 9. The monoisotopic (exact) mass is 543 g/mol. The first-order valence-corrected chi connectivity index (χ1v) is 12.6. The van der Waals surface area contributed by atoms with Crippen molar-refractivity contribution >= 4 is 11.9 Å². The van der Waals surface area contributed by atoms with Crippen molar-refractivity contribution in [1.29, 1.82) is 0 Å². The molecule has 39 heavy (non-hydrogen) atoms. The van der Waals surface area contributed by atoms with Gasteiger partial charge in [0.2, 0.25) is 5.91 Å². The van der Waals surface area contributed by atoms with Crippen LogP contribution in [0.25, 0.3) is 0 Å². The number of rotatable bonds is 11. The van der Waals surface area contributed by atoms with Crippen LogP contribution in [0.4, 0.5) is 4.39 Å². The lowest BCUT2D eigenvalue weighted by atomic mass is 9.87. The number of nitrogens with one attached hydrogen (secondary N) is 1. The molecule has 0 saturated carbocycles. The summed E-state index contributed by atoms with van der Waals surface area (Å²) in [7, 11) is 0. The molecule has 8 N–H and O–H groups in total. The first-order valence-electron chi connectivity index (χ1n) is 12.6. The van der Waals surface area contributed by atoms with Crippen molar-refractivity contribution in [2.45, 2.75) is 32.2 Å². The van der Waals surface area contributed by atoms with Gasteiger partial charge in [0.1, 0.15) is 18.2 Å². The quantitative estimate of drug-likeness (QED) is 0.209. The Labute approximate surface area is 225 Å². The SMILES string of the molecule is CC1(/C(N)=C/N(N)CCOc2cc3c(cc2Oc2ccc(C(=O)O)c(F)c2)C(CC(N)=O)NCC3)CCOC1. The van der Waals surface area contributed by atoms with Crippen LogP contribution in [0, 0.1) is 11.2 Å². The lowest BCUT2D eigenvalue weighted by Gasteiger charge is -2.28. The molecular formula is C27H34FN5O6. The third kappa shape index (κ3) is 6.77. The van der Waals surface area contributed by atoms with Gasteiger partial charge in [-0.15, -0.1) is 0 Å². The molecule has 12 heteroatoms. The van der Waals surface area contributed by atoms with Gasteiger partial charge >= 0.3 is 5.97 Å². The average molecular weight is 544 g/mol. The largest absolute Gasteiger partial charge is 0.488 e. The van der Waals surface area contributed by atoms with Gasteiger partial charge in [0, 0.05) is 42.4 Å². The maximum absolute atomic E-state index is 14.3. The van der Waals surface area contributed by atoms with Crippen LogP contribution in [0.15, 0.2) is 42.2 Å². The van der Waals surface area contributed by atoms with Crippen molar-refractivity contribution in [3.63, 3.8) is 0 Å². The molecule has 210 valence electrons. The second-order valence-electron chi connectivity index (χ2n) is 10.0. The molecular weight excluding hydrogens is 509 g/mol. The minimum atomic E-state index is -1.38. The van der Waals surface area contributed by atoms with Crippen LogP contribution in [-0.4, -0.2) is 54.9 Å². The van der Waals surface area contributed by atoms with E-state index in [1.165, 1.54) is 11.1 Å². The number of hydrazine groups is 1. The number of nitrogens with two attached hydrogens (primary N) is 3.